The van der Waals surface area contributed by atoms with Gasteiger partial charge in [-0.1, -0.05) is 34.6 Å². The maximum Gasteiger partial charge on any atom is 0.106 e. The highest BCUT2D eigenvalue weighted by molar-refractivity contribution is 5.05. The zero-order valence-corrected chi connectivity index (χ0v) is 14.5. The molecule has 0 amide bonds. The second kappa shape index (κ2) is 10.2. The normalized spacial score (nSPS) is 14.8. The molecule has 0 saturated carbocycles. The number of hydrogen-bond donors (Lipinski definition) is 1. The van der Waals surface area contributed by atoms with Gasteiger partial charge in [-0.05, 0) is 51.6 Å². The van der Waals surface area contributed by atoms with Gasteiger partial charge in [0.05, 0.1) is 6.07 Å². The second-order valence-corrected chi connectivity index (χ2v) is 6.26. The van der Waals surface area contributed by atoms with E-state index in [9.17, 15) is 5.26 Å². The molecule has 0 aliphatic rings. The molecule has 0 fully saturated rings. The Labute approximate surface area is 126 Å². The minimum absolute atomic E-state index is 0.336. The van der Waals surface area contributed by atoms with Crippen LogP contribution in [0.2, 0.25) is 0 Å². The Morgan fingerprint density at radius 3 is 2.15 bits per heavy atom. The first-order valence-corrected chi connectivity index (χ1v) is 8.32. The standard InChI is InChI=1S/C17H35N3/c1-7-16(8-2)20(13-15(4)5)12-10-11-17(9-3,14-18)19-6/h15-16,19H,7-13H2,1-6H3. The zero-order valence-electron chi connectivity index (χ0n) is 14.5. The molecule has 1 N–H and O–H groups in total. The lowest BCUT2D eigenvalue weighted by Gasteiger charge is -2.33. The Hall–Kier alpha value is -0.590. The predicted molar refractivity (Wildman–Crippen MR) is 87.7 cm³/mol. The van der Waals surface area contributed by atoms with Crippen LogP contribution in [-0.2, 0) is 0 Å². The van der Waals surface area contributed by atoms with Crippen LogP contribution in [0.1, 0.15) is 66.7 Å². The molecule has 0 aromatic heterocycles. The molecule has 0 aromatic carbocycles. The lowest BCUT2D eigenvalue weighted by Crippen LogP contribution is -2.43. The van der Waals surface area contributed by atoms with Crippen molar-refractivity contribution in [1.82, 2.24) is 10.2 Å². The topological polar surface area (TPSA) is 39.1 Å². The molecule has 1 unspecified atom stereocenters. The quantitative estimate of drug-likeness (QED) is 0.626. The largest absolute Gasteiger partial charge is 0.302 e. The van der Waals surface area contributed by atoms with E-state index < -0.39 is 0 Å². The highest BCUT2D eigenvalue weighted by Gasteiger charge is 2.25. The third-order valence-corrected chi connectivity index (χ3v) is 4.40. The first-order valence-electron chi connectivity index (χ1n) is 8.32. The van der Waals surface area contributed by atoms with Gasteiger partial charge in [-0.2, -0.15) is 5.26 Å². The van der Waals surface area contributed by atoms with E-state index in [0.717, 1.165) is 32.4 Å². The van der Waals surface area contributed by atoms with E-state index in [2.05, 4.69) is 50.9 Å². The van der Waals surface area contributed by atoms with Gasteiger partial charge < -0.3 is 10.2 Å². The van der Waals surface area contributed by atoms with Crippen LogP contribution in [0.5, 0.6) is 0 Å². The molecule has 118 valence electrons. The van der Waals surface area contributed by atoms with E-state index >= 15 is 0 Å². The van der Waals surface area contributed by atoms with E-state index in [1.807, 2.05) is 7.05 Å². The summed E-state index contributed by atoms with van der Waals surface area (Å²) >= 11 is 0. The Balaban J connectivity index is 4.50. The van der Waals surface area contributed by atoms with Gasteiger partial charge in [0.2, 0.25) is 0 Å². The summed E-state index contributed by atoms with van der Waals surface area (Å²) in [7, 11) is 1.90. The molecule has 0 spiro atoms. The first kappa shape index (κ1) is 19.4. The van der Waals surface area contributed by atoms with Crippen LogP contribution >= 0.6 is 0 Å². The number of nitrogens with zero attached hydrogens (tertiary/aromatic N) is 2. The van der Waals surface area contributed by atoms with Crippen LogP contribution in [0.15, 0.2) is 0 Å². The van der Waals surface area contributed by atoms with Crippen LogP contribution in [0, 0.1) is 17.2 Å². The van der Waals surface area contributed by atoms with Crippen molar-refractivity contribution >= 4 is 0 Å². The molecular weight excluding hydrogens is 246 g/mol. The molecule has 0 rings (SSSR count). The van der Waals surface area contributed by atoms with E-state index in [4.69, 9.17) is 0 Å². The van der Waals surface area contributed by atoms with Crippen LogP contribution in [0.25, 0.3) is 0 Å². The molecule has 0 heterocycles. The molecule has 0 aliphatic carbocycles. The van der Waals surface area contributed by atoms with Gasteiger partial charge in [0.25, 0.3) is 0 Å². The molecule has 0 aromatic rings. The molecule has 0 bridgehead atoms. The van der Waals surface area contributed by atoms with Crippen LogP contribution in [0.3, 0.4) is 0 Å². The maximum absolute atomic E-state index is 9.36. The van der Waals surface area contributed by atoms with Crippen molar-refractivity contribution in [3.63, 3.8) is 0 Å². The van der Waals surface area contributed by atoms with Crippen molar-refractivity contribution in [2.75, 3.05) is 20.1 Å². The fourth-order valence-electron chi connectivity index (χ4n) is 2.95. The van der Waals surface area contributed by atoms with E-state index in [1.165, 1.54) is 12.8 Å². The Kier molecular flexibility index (Phi) is 9.88. The third-order valence-electron chi connectivity index (χ3n) is 4.40. The molecule has 20 heavy (non-hydrogen) atoms. The third kappa shape index (κ3) is 6.24. The van der Waals surface area contributed by atoms with Gasteiger partial charge in [0, 0.05) is 12.6 Å². The fourth-order valence-corrected chi connectivity index (χ4v) is 2.95. The molecule has 0 aliphatic heterocycles. The summed E-state index contributed by atoms with van der Waals surface area (Å²) < 4.78 is 0. The minimum atomic E-state index is -0.336. The Morgan fingerprint density at radius 2 is 1.80 bits per heavy atom. The highest BCUT2D eigenvalue weighted by Crippen LogP contribution is 2.18. The molecule has 0 radical (unpaired) electrons. The minimum Gasteiger partial charge on any atom is -0.302 e. The van der Waals surface area contributed by atoms with Gasteiger partial charge in [0.15, 0.2) is 0 Å². The lowest BCUT2D eigenvalue weighted by atomic mass is 9.92. The van der Waals surface area contributed by atoms with Gasteiger partial charge in [-0.25, -0.2) is 0 Å². The maximum atomic E-state index is 9.36. The van der Waals surface area contributed by atoms with Crippen molar-refractivity contribution in [2.24, 2.45) is 5.92 Å². The predicted octanol–water partition coefficient (Wildman–Crippen LogP) is 3.80. The average molecular weight is 281 g/mol. The first-order chi connectivity index (χ1) is 9.48. The lowest BCUT2D eigenvalue weighted by molar-refractivity contribution is 0.158. The molecule has 1 atom stereocenters. The number of hydrogen-bond acceptors (Lipinski definition) is 3. The van der Waals surface area contributed by atoms with Gasteiger partial charge in [0.1, 0.15) is 5.54 Å². The zero-order chi connectivity index (χ0) is 15.6. The van der Waals surface area contributed by atoms with Crippen LogP contribution < -0.4 is 5.32 Å². The van der Waals surface area contributed by atoms with Gasteiger partial charge in [-0.15, -0.1) is 0 Å². The number of nitrogens with one attached hydrogen (secondary N) is 1. The van der Waals surface area contributed by atoms with Crippen LogP contribution in [-0.4, -0.2) is 36.6 Å². The summed E-state index contributed by atoms with van der Waals surface area (Å²) in [6, 6.07) is 3.14. The Morgan fingerprint density at radius 1 is 1.20 bits per heavy atom. The fraction of sp³-hybridized carbons (Fsp3) is 0.941. The summed E-state index contributed by atoms with van der Waals surface area (Å²) in [4.78, 5) is 2.62. The molecule has 3 nitrogen and oxygen atoms in total. The van der Waals surface area contributed by atoms with E-state index in [0.29, 0.717) is 12.0 Å². The molecular formula is C17H35N3. The average Bonchev–Trinajstić information content (AvgIpc) is 2.44. The SMILES string of the molecule is CCC(CC)N(CCCC(C#N)(CC)NC)CC(C)C. The van der Waals surface area contributed by atoms with Gasteiger partial charge >= 0.3 is 0 Å². The second-order valence-electron chi connectivity index (χ2n) is 6.26. The summed E-state index contributed by atoms with van der Waals surface area (Å²) in [5, 5.41) is 12.6. The highest BCUT2D eigenvalue weighted by atomic mass is 15.2. The van der Waals surface area contributed by atoms with E-state index in [1.54, 1.807) is 0 Å². The van der Waals surface area contributed by atoms with Crippen molar-refractivity contribution in [2.45, 2.75) is 78.3 Å². The summed E-state index contributed by atoms with van der Waals surface area (Å²) in [6.07, 6.45) is 5.32. The molecule has 0 saturated heterocycles. The smallest absolute Gasteiger partial charge is 0.106 e. The number of nitriles is 1. The van der Waals surface area contributed by atoms with Crippen molar-refractivity contribution in [3.05, 3.63) is 0 Å². The number of rotatable bonds is 11. The van der Waals surface area contributed by atoms with Gasteiger partial charge in [-0.3, -0.25) is 0 Å². The molecule has 3 heteroatoms. The monoisotopic (exact) mass is 281 g/mol. The van der Waals surface area contributed by atoms with Crippen LogP contribution in [0.4, 0.5) is 0 Å². The van der Waals surface area contributed by atoms with Crippen molar-refractivity contribution in [1.29, 1.82) is 5.26 Å². The summed E-state index contributed by atoms with van der Waals surface area (Å²) in [6.45, 7) is 13.5. The van der Waals surface area contributed by atoms with E-state index in [-0.39, 0.29) is 5.54 Å². The van der Waals surface area contributed by atoms with Crippen molar-refractivity contribution in [3.8, 4) is 6.07 Å². The summed E-state index contributed by atoms with van der Waals surface area (Å²) in [5.41, 5.74) is -0.336. The van der Waals surface area contributed by atoms with Crippen molar-refractivity contribution < 1.29 is 0 Å². The Bertz CT molecular complexity index is 272. The summed E-state index contributed by atoms with van der Waals surface area (Å²) in [5.74, 6) is 0.701.